The third-order valence-corrected chi connectivity index (χ3v) is 4.70. The van der Waals surface area contributed by atoms with Gasteiger partial charge < -0.3 is 19.2 Å². The smallest absolute Gasteiger partial charge is 0.374 e. The minimum Gasteiger partial charge on any atom is -0.486 e. The van der Waals surface area contributed by atoms with E-state index in [-0.39, 0.29) is 19.0 Å². The van der Waals surface area contributed by atoms with Crippen LogP contribution in [0.5, 0.6) is 5.75 Å². The van der Waals surface area contributed by atoms with E-state index < -0.39 is 11.9 Å². The third kappa shape index (κ3) is 4.85. The molecule has 0 radical (unpaired) electrons. The summed E-state index contributed by atoms with van der Waals surface area (Å²) in [4.78, 5) is 24.2. The van der Waals surface area contributed by atoms with Crippen molar-refractivity contribution < 1.29 is 23.5 Å². The Morgan fingerprint density at radius 1 is 0.966 bits per heavy atom. The van der Waals surface area contributed by atoms with Gasteiger partial charge in [-0.15, -0.1) is 0 Å². The topological polar surface area (TPSA) is 77.8 Å². The summed E-state index contributed by atoms with van der Waals surface area (Å²) in [7, 11) is 0. The van der Waals surface area contributed by atoms with Crippen LogP contribution in [0.2, 0.25) is 0 Å². The average Bonchev–Trinajstić information content (AvgIpc) is 3.40. The van der Waals surface area contributed by atoms with Crippen molar-refractivity contribution in [2.45, 2.75) is 25.9 Å². The van der Waals surface area contributed by atoms with Crippen molar-refractivity contribution in [3.63, 3.8) is 0 Å². The molecule has 0 unspecified atom stereocenters. The summed E-state index contributed by atoms with van der Waals surface area (Å²) in [6.45, 7) is -0.192. The Morgan fingerprint density at radius 3 is 2.66 bits per heavy atom. The van der Waals surface area contributed by atoms with Crippen LogP contribution in [-0.2, 0) is 29.0 Å². The molecule has 1 heterocycles. The molecule has 0 atom stereocenters. The van der Waals surface area contributed by atoms with E-state index in [1.54, 1.807) is 6.07 Å². The summed E-state index contributed by atoms with van der Waals surface area (Å²) in [5.41, 5.74) is 3.31. The van der Waals surface area contributed by atoms with Gasteiger partial charge in [-0.3, -0.25) is 4.79 Å². The lowest BCUT2D eigenvalue weighted by Crippen LogP contribution is -2.20. The largest absolute Gasteiger partial charge is 0.486 e. The number of aryl methyl sites for hydroxylation is 2. The molecule has 6 heteroatoms. The second kappa shape index (κ2) is 8.65. The maximum Gasteiger partial charge on any atom is 0.374 e. The van der Waals surface area contributed by atoms with Crippen LogP contribution in [-0.4, -0.2) is 18.5 Å². The van der Waals surface area contributed by atoms with Gasteiger partial charge in [0, 0.05) is 5.69 Å². The van der Waals surface area contributed by atoms with E-state index in [0.29, 0.717) is 17.2 Å². The molecule has 0 fully saturated rings. The van der Waals surface area contributed by atoms with Crippen molar-refractivity contribution in [3.05, 3.63) is 83.3 Å². The first-order valence-electron chi connectivity index (χ1n) is 9.53. The zero-order valence-corrected chi connectivity index (χ0v) is 15.9. The predicted molar refractivity (Wildman–Crippen MR) is 107 cm³/mol. The Bertz CT molecular complexity index is 1010. The van der Waals surface area contributed by atoms with Crippen molar-refractivity contribution in [1.29, 1.82) is 0 Å². The lowest BCUT2D eigenvalue weighted by molar-refractivity contribution is -0.119. The molecule has 1 aromatic heterocycles. The fraction of sp³-hybridized carbons (Fsp3) is 0.217. The van der Waals surface area contributed by atoms with Gasteiger partial charge in [0.1, 0.15) is 18.1 Å². The maximum absolute atomic E-state index is 12.1. The summed E-state index contributed by atoms with van der Waals surface area (Å²) in [6, 6.07) is 18.3. The van der Waals surface area contributed by atoms with Crippen molar-refractivity contribution in [2.24, 2.45) is 0 Å². The van der Waals surface area contributed by atoms with Crippen molar-refractivity contribution in [2.75, 3.05) is 11.9 Å². The van der Waals surface area contributed by atoms with Crippen molar-refractivity contribution >= 4 is 17.6 Å². The van der Waals surface area contributed by atoms with E-state index in [4.69, 9.17) is 13.9 Å². The molecule has 2 aromatic carbocycles. The Labute approximate surface area is 168 Å². The summed E-state index contributed by atoms with van der Waals surface area (Å²) in [5.74, 6) is 0.136. The number of furan rings is 1. The number of rotatable bonds is 7. The van der Waals surface area contributed by atoms with Gasteiger partial charge in [-0.05, 0) is 66.8 Å². The monoisotopic (exact) mass is 391 g/mol. The number of hydrogen-bond donors (Lipinski definition) is 1. The highest BCUT2D eigenvalue weighted by Gasteiger charge is 2.16. The van der Waals surface area contributed by atoms with Gasteiger partial charge in [0.15, 0.2) is 6.61 Å². The van der Waals surface area contributed by atoms with Crippen LogP contribution in [0.4, 0.5) is 5.69 Å². The molecule has 0 bridgehead atoms. The minimum atomic E-state index is -0.694. The van der Waals surface area contributed by atoms with E-state index in [2.05, 4.69) is 5.32 Å². The van der Waals surface area contributed by atoms with Gasteiger partial charge in [-0.2, -0.15) is 0 Å². The number of amides is 1. The van der Waals surface area contributed by atoms with Crippen LogP contribution in [0.25, 0.3) is 0 Å². The molecular weight excluding hydrogens is 370 g/mol. The van der Waals surface area contributed by atoms with Gasteiger partial charge in [-0.25, -0.2) is 4.79 Å². The fourth-order valence-corrected chi connectivity index (χ4v) is 3.29. The summed E-state index contributed by atoms with van der Waals surface area (Å²) in [6.07, 6.45) is 3.26. The summed E-state index contributed by atoms with van der Waals surface area (Å²) in [5, 5.41) is 2.76. The lowest BCUT2D eigenvalue weighted by atomic mass is 10.1. The summed E-state index contributed by atoms with van der Waals surface area (Å²) < 4.78 is 16.1. The van der Waals surface area contributed by atoms with Gasteiger partial charge in [-0.1, -0.05) is 24.3 Å². The highest BCUT2D eigenvalue weighted by atomic mass is 16.6. The third-order valence-electron chi connectivity index (χ3n) is 4.70. The SMILES string of the molecule is O=C(COC(=O)c1ccc(COc2ccccc2)o1)Nc1ccc2c(c1)CCC2. The first kappa shape index (κ1) is 18.8. The highest BCUT2D eigenvalue weighted by molar-refractivity contribution is 5.94. The van der Waals surface area contributed by atoms with Crippen LogP contribution < -0.4 is 10.1 Å². The fourth-order valence-electron chi connectivity index (χ4n) is 3.29. The molecule has 0 aliphatic heterocycles. The lowest BCUT2D eigenvalue weighted by Gasteiger charge is -2.08. The van der Waals surface area contributed by atoms with E-state index >= 15 is 0 Å². The Hall–Kier alpha value is -3.54. The molecule has 3 aromatic rings. The van der Waals surface area contributed by atoms with E-state index in [1.165, 1.54) is 17.2 Å². The van der Waals surface area contributed by atoms with Gasteiger partial charge in [0.05, 0.1) is 0 Å². The van der Waals surface area contributed by atoms with Crippen LogP contribution in [0.3, 0.4) is 0 Å². The van der Waals surface area contributed by atoms with Gasteiger partial charge >= 0.3 is 5.97 Å². The molecule has 0 saturated carbocycles. The highest BCUT2D eigenvalue weighted by Crippen LogP contribution is 2.24. The van der Waals surface area contributed by atoms with Gasteiger partial charge in [0.2, 0.25) is 5.76 Å². The number of anilines is 1. The van der Waals surface area contributed by atoms with Gasteiger partial charge in [0.25, 0.3) is 5.91 Å². The first-order valence-corrected chi connectivity index (χ1v) is 9.53. The number of fused-ring (bicyclic) bond motifs is 1. The molecule has 0 saturated heterocycles. The van der Waals surface area contributed by atoms with Crippen molar-refractivity contribution in [1.82, 2.24) is 0 Å². The Morgan fingerprint density at radius 2 is 1.79 bits per heavy atom. The average molecular weight is 391 g/mol. The second-order valence-corrected chi connectivity index (χ2v) is 6.83. The molecule has 1 amide bonds. The first-order chi connectivity index (χ1) is 14.2. The minimum absolute atomic E-state index is 0.0296. The maximum atomic E-state index is 12.1. The molecule has 148 valence electrons. The number of esters is 1. The second-order valence-electron chi connectivity index (χ2n) is 6.83. The number of benzene rings is 2. The number of nitrogens with one attached hydrogen (secondary N) is 1. The van der Waals surface area contributed by atoms with Crippen LogP contribution >= 0.6 is 0 Å². The number of hydrogen-bond acceptors (Lipinski definition) is 5. The van der Waals surface area contributed by atoms with E-state index in [9.17, 15) is 9.59 Å². The van der Waals surface area contributed by atoms with Crippen molar-refractivity contribution in [3.8, 4) is 5.75 Å². The number of carbonyl (C=O) groups is 2. The zero-order valence-electron chi connectivity index (χ0n) is 15.9. The molecular formula is C23H21NO5. The van der Waals surface area contributed by atoms with Crippen LogP contribution in [0.15, 0.2) is 65.1 Å². The number of carbonyl (C=O) groups excluding carboxylic acids is 2. The molecule has 1 N–H and O–H groups in total. The number of para-hydroxylation sites is 1. The summed E-state index contributed by atoms with van der Waals surface area (Å²) >= 11 is 0. The van der Waals surface area contributed by atoms with E-state index in [1.807, 2.05) is 48.5 Å². The molecule has 6 nitrogen and oxygen atoms in total. The standard InChI is InChI=1S/C23H21NO5/c25-22(24-18-10-9-16-5-4-6-17(16)13-18)15-28-23(26)21-12-11-20(29-21)14-27-19-7-2-1-3-8-19/h1-3,7-13H,4-6,14-15H2,(H,24,25). The predicted octanol–water partition coefficient (Wildman–Crippen LogP) is 4.14. The molecule has 1 aliphatic carbocycles. The van der Waals surface area contributed by atoms with E-state index in [0.717, 1.165) is 19.3 Å². The quantitative estimate of drug-likeness (QED) is 0.613. The Kier molecular flexibility index (Phi) is 5.61. The number of ether oxygens (including phenoxy) is 2. The molecule has 1 aliphatic rings. The molecule has 29 heavy (non-hydrogen) atoms. The van der Waals surface area contributed by atoms with Crippen LogP contribution in [0.1, 0.15) is 33.9 Å². The molecule has 0 spiro atoms. The Balaban J connectivity index is 1.25. The van der Waals surface area contributed by atoms with Crippen LogP contribution in [0, 0.1) is 0 Å². The normalized spacial score (nSPS) is 12.3. The molecule has 4 rings (SSSR count). The zero-order chi connectivity index (χ0) is 20.1.